The quantitative estimate of drug-likeness (QED) is 0.752. The van der Waals surface area contributed by atoms with Gasteiger partial charge in [-0.15, -0.1) is 5.10 Å². The van der Waals surface area contributed by atoms with E-state index in [1.807, 2.05) is 0 Å². The molecule has 1 amide bonds. The minimum absolute atomic E-state index is 0.0587. The lowest BCUT2D eigenvalue weighted by molar-refractivity contribution is -0.135. The van der Waals surface area contributed by atoms with Gasteiger partial charge in [0.2, 0.25) is 5.91 Å². The lowest BCUT2D eigenvalue weighted by Crippen LogP contribution is -2.59. The third kappa shape index (κ3) is 2.92. The Kier molecular flexibility index (Phi) is 3.92. The average Bonchev–Trinajstić information content (AvgIpc) is 2.90. The van der Waals surface area contributed by atoms with E-state index >= 15 is 0 Å². The molecule has 1 saturated heterocycles. The van der Waals surface area contributed by atoms with Gasteiger partial charge in [0.05, 0.1) is 10.5 Å². The van der Waals surface area contributed by atoms with Gasteiger partial charge in [-0.05, 0) is 23.3 Å². The van der Waals surface area contributed by atoms with Crippen LogP contribution in [-0.2, 0) is 21.2 Å². The van der Waals surface area contributed by atoms with Crippen LogP contribution in [-0.4, -0.2) is 63.0 Å². The second kappa shape index (κ2) is 5.70. The summed E-state index contributed by atoms with van der Waals surface area (Å²) in [6, 6.07) is 0. The smallest absolute Gasteiger partial charge is 0.244 e. The summed E-state index contributed by atoms with van der Waals surface area (Å²) in [5.41, 5.74) is 0. The number of hydrogen-bond acceptors (Lipinski definition) is 6. The van der Waals surface area contributed by atoms with Gasteiger partial charge in [0, 0.05) is 13.1 Å². The van der Waals surface area contributed by atoms with Gasteiger partial charge in [-0.2, -0.15) is 0 Å². The molecule has 1 aliphatic heterocycles. The number of nitrogens with zero attached hydrogens (tertiary/aromatic N) is 5. The molecule has 1 aromatic rings. The van der Waals surface area contributed by atoms with Crippen molar-refractivity contribution in [2.75, 3.05) is 13.1 Å². The highest BCUT2D eigenvalue weighted by Crippen LogP contribution is 2.29. The zero-order valence-corrected chi connectivity index (χ0v) is 12.6. The Balaban J connectivity index is 1.53. The Labute approximate surface area is 123 Å². The van der Waals surface area contributed by atoms with Crippen molar-refractivity contribution in [3.05, 3.63) is 6.33 Å². The number of sulfone groups is 1. The molecule has 1 aliphatic carbocycles. The number of carbonyl (C=O) groups is 1. The van der Waals surface area contributed by atoms with Crippen molar-refractivity contribution in [3.8, 4) is 0 Å². The summed E-state index contributed by atoms with van der Waals surface area (Å²) in [6.07, 6.45) is 6.05. The van der Waals surface area contributed by atoms with E-state index in [9.17, 15) is 13.2 Å². The third-order valence-corrected chi connectivity index (χ3v) is 7.00. The zero-order chi connectivity index (χ0) is 14.9. The van der Waals surface area contributed by atoms with Gasteiger partial charge in [0.1, 0.15) is 12.9 Å². The molecule has 2 aliphatic rings. The normalized spacial score (nSPS) is 21.2. The summed E-state index contributed by atoms with van der Waals surface area (Å²) in [5, 5.41) is 9.96. The van der Waals surface area contributed by atoms with Crippen molar-refractivity contribution >= 4 is 15.7 Å². The van der Waals surface area contributed by atoms with E-state index in [1.54, 1.807) is 4.90 Å². The summed E-state index contributed by atoms with van der Waals surface area (Å²) < 4.78 is 26.3. The molecular formula is C12H19N5O3S. The van der Waals surface area contributed by atoms with Gasteiger partial charge in [-0.25, -0.2) is 13.1 Å². The van der Waals surface area contributed by atoms with Gasteiger partial charge in [-0.1, -0.05) is 19.3 Å². The molecule has 8 nitrogen and oxygen atoms in total. The van der Waals surface area contributed by atoms with Crippen LogP contribution in [0.5, 0.6) is 0 Å². The van der Waals surface area contributed by atoms with Gasteiger partial charge in [0.15, 0.2) is 9.84 Å². The second-order valence-electron chi connectivity index (χ2n) is 5.78. The molecule has 0 spiro atoms. The Morgan fingerprint density at radius 3 is 2.48 bits per heavy atom. The van der Waals surface area contributed by atoms with E-state index < -0.39 is 15.1 Å². The molecule has 116 valence electrons. The number of rotatable bonds is 4. The first-order chi connectivity index (χ1) is 10.1. The summed E-state index contributed by atoms with van der Waals surface area (Å²) >= 11 is 0. The molecule has 0 N–H and O–H groups in total. The molecule has 0 aromatic carbocycles. The summed E-state index contributed by atoms with van der Waals surface area (Å²) in [6.45, 7) is 0.669. The van der Waals surface area contributed by atoms with Gasteiger partial charge in [0.25, 0.3) is 0 Å². The molecule has 9 heteroatoms. The molecule has 1 aromatic heterocycles. The predicted octanol–water partition coefficient (Wildman–Crippen LogP) is -0.369. The fourth-order valence-electron chi connectivity index (χ4n) is 3.01. The SMILES string of the molecule is O=C(Cn1cnnn1)N1CC(S(=O)(=O)C2CCCCC2)C1. The van der Waals surface area contributed by atoms with Crippen LogP contribution in [0.3, 0.4) is 0 Å². The second-order valence-corrected chi connectivity index (χ2v) is 8.29. The maximum Gasteiger partial charge on any atom is 0.244 e. The van der Waals surface area contributed by atoms with Crippen LogP contribution in [0.4, 0.5) is 0 Å². The first kappa shape index (κ1) is 14.4. The van der Waals surface area contributed by atoms with Crippen LogP contribution in [0.2, 0.25) is 0 Å². The minimum Gasteiger partial charge on any atom is -0.338 e. The standard InChI is InChI=1S/C12H19N5O3S/c18-12(8-17-9-13-14-15-17)16-6-11(7-16)21(19,20)10-4-2-1-3-5-10/h9-11H,1-8H2. The maximum absolute atomic E-state index is 12.5. The third-order valence-electron chi connectivity index (χ3n) is 4.37. The van der Waals surface area contributed by atoms with Crippen molar-refractivity contribution in [1.29, 1.82) is 0 Å². The number of likely N-dealkylation sites (tertiary alicyclic amines) is 1. The molecule has 1 saturated carbocycles. The molecule has 3 rings (SSSR count). The van der Waals surface area contributed by atoms with Gasteiger partial charge in [-0.3, -0.25) is 4.79 Å². The van der Waals surface area contributed by atoms with Crippen molar-refractivity contribution in [2.45, 2.75) is 49.1 Å². The molecule has 2 heterocycles. The lowest BCUT2D eigenvalue weighted by Gasteiger charge is -2.40. The number of aromatic nitrogens is 4. The van der Waals surface area contributed by atoms with Crippen LogP contribution in [0.25, 0.3) is 0 Å². The molecular weight excluding hydrogens is 294 g/mol. The summed E-state index contributed by atoms with van der Waals surface area (Å²) in [7, 11) is -3.09. The Morgan fingerprint density at radius 2 is 1.86 bits per heavy atom. The number of carbonyl (C=O) groups excluding carboxylic acids is 1. The maximum atomic E-state index is 12.5. The Hall–Kier alpha value is -1.51. The van der Waals surface area contributed by atoms with Crippen LogP contribution >= 0.6 is 0 Å². The van der Waals surface area contributed by atoms with E-state index in [0.29, 0.717) is 13.1 Å². The lowest BCUT2D eigenvalue weighted by atomic mass is 10.0. The molecule has 0 atom stereocenters. The molecule has 0 bridgehead atoms. The highest BCUT2D eigenvalue weighted by molar-refractivity contribution is 7.92. The average molecular weight is 313 g/mol. The molecule has 21 heavy (non-hydrogen) atoms. The van der Waals surface area contributed by atoms with E-state index in [4.69, 9.17) is 0 Å². The van der Waals surface area contributed by atoms with Crippen molar-refractivity contribution in [3.63, 3.8) is 0 Å². The van der Waals surface area contributed by atoms with E-state index in [-0.39, 0.29) is 17.7 Å². The summed E-state index contributed by atoms with van der Waals surface area (Å²) in [5.74, 6) is -0.141. The highest BCUT2D eigenvalue weighted by atomic mass is 32.2. The first-order valence-corrected chi connectivity index (χ1v) is 8.89. The largest absolute Gasteiger partial charge is 0.338 e. The number of tetrazole rings is 1. The summed E-state index contributed by atoms with van der Waals surface area (Å²) in [4.78, 5) is 13.5. The number of hydrogen-bond donors (Lipinski definition) is 0. The zero-order valence-electron chi connectivity index (χ0n) is 11.8. The number of amides is 1. The van der Waals surface area contributed by atoms with Gasteiger partial charge >= 0.3 is 0 Å². The van der Waals surface area contributed by atoms with Crippen molar-refractivity contribution in [1.82, 2.24) is 25.1 Å². The van der Waals surface area contributed by atoms with E-state index in [2.05, 4.69) is 15.5 Å². The van der Waals surface area contributed by atoms with Gasteiger partial charge < -0.3 is 4.90 Å². The topological polar surface area (TPSA) is 98.1 Å². The van der Waals surface area contributed by atoms with Crippen LogP contribution < -0.4 is 0 Å². The Bertz CT molecular complexity index is 588. The molecule has 0 radical (unpaired) electrons. The van der Waals surface area contributed by atoms with Crippen molar-refractivity contribution in [2.24, 2.45) is 0 Å². The molecule has 0 unspecified atom stereocenters. The predicted molar refractivity (Wildman–Crippen MR) is 74.0 cm³/mol. The monoisotopic (exact) mass is 313 g/mol. The molecule has 2 fully saturated rings. The fourth-order valence-corrected chi connectivity index (χ4v) is 5.32. The first-order valence-electron chi connectivity index (χ1n) is 7.28. The van der Waals surface area contributed by atoms with E-state index in [1.165, 1.54) is 11.0 Å². The highest BCUT2D eigenvalue weighted by Gasteiger charge is 2.43. The van der Waals surface area contributed by atoms with Crippen LogP contribution in [0.15, 0.2) is 6.33 Å². The van der Waals surface area contributed by atoms with Crippen LogP contribution in [0, 0.1) is 0 Å². The Morgan fingerprint density at radius 1 is 1.14 bits per heavy atom. The van der Waals surface area contributed by atoms with Crippen LogP contribution in [0.1, 0.15) is 32.1 Å². The van der Waals surface area contributed by atoms with Crippen molar-refractivity contribution < 1.29 is 13.2 Å². The van der Waals surface area contributed by atoms with E-state index in [0.717, 1.165) is 32.1 Å². The fraction of sp³-hybridized carbons (Fsp3) is 0.833. The minimum atomic E-state index is -3.09.